The zero-order chi connectivity index (χ0) is 14.7. The van der Waals surface area contributed by atoms with Crippen LogP contribution in [0.4, 0.5) is 5.69 Å². The Balaban J connectivity index is 2.52. The summed E-state index contributed by atoms with van der Waals surface area (Å²) in [6.45, 7) is 8.09. The lowest BCUT2D eigenvalue weighted by Gasteiger charge is -2.21. The van der Waals surface area contributed by atoms with Gasteiger partial charge in [0.2, 0.25) is 5.91 Å². The molecule has 0 aromatic heterocycles. The average molecular weight is 289 g/mol. The first-order chi connectivity index (χ1) is 9.54. The molecule has 0 bridgehead atoms. The molecule has 1 aliphatic rings. The van der Waals surface area contributed by atoms with Gasteiger partial charge < -0.3 is 0 Å². The van der Waals surface area contributed by atoms with E-state index in [9.17, 15) is 4.79 Å². The highest BCUT2D eigenvalue weighted by atomic mass is 32.2. The van der Waals surface area contributed by atoms with Crippen LogP contribution in [0.1, 0.15) is 37.8 Å². The van der Waals surface area contributed by atoms with Gasteiger partial charge in [0, 0.05) is 6.21 Å². The van der Waals surface area contributed by atoms with E-state index in [1.165, 1.54) is 11.8 Å². The Hall–Kier alpha value is -1.62. The van der Waals surface area contributed by atoms with Crippen LogP contribution in [0.2, 0.25) is 0 Å². The first kappa shape index (κ1) is 14.8. The van der Waals surface area contributed by atoms with E-state index >= 15 is 0 Å². The zero-order valence-electron chi connectivity index (χ0n) is 12.3. The smallest absolute Gasteiger partial charge is 0.243 e. The minimum atomic E-state index is 0.0625. The third-order valence-corrected chi connectivity index (χ3v) is 3.99. The summed E-state index contributed by atoms with van der Waals surface area (Å²) in [6.07, 6.45) is 1.62. The van der Waals surface area contributed by atoms with E-state index in [1.54, 1.807) is 11.1 Å². The predicted octanol–water partition coefficient (Wildman–Crippen LogP) is 3.56. The Kier molecular flexibility index (Phi) is 4.60. The molecule has 1 aliphatic heterocycles. The van der Waals surface area contributed by atoms with E-state index in [-0.39, 0.29) is 5.91 Å². The summed E-state index contributed by atoms with van der Waals surface area (Å²) >= 11 is 1.43. The lowest BCUT2D eigenvalue weighted by molar-refractivity contribution is -0.115. The maximum Gasteiger partial charge on any atom is 0.243 e. The highest BCUT2D eigenvalue weighted by Gasteiger charge is 2.31. The number of hydrogen-bond donors (Lipinski definition) is 0. The minimum Gasteiger partial charge on any atom is -0.273 e. The maximum atomic E-state index is 12.2. The van der Waals surface area contributed by atoms with E-state index < -0.39 is 0 Å². The Bertz CT molecular complexity index is 578. The molecule has 5 heteroatoms. The molecule has 20 heavy (non-hydrogen) atoms. The molecule has 106 valence electrons. The molecule has 0 N–H and O–H groups in total. The Morgan fingerprint density at radius 3 is 2.80 bits per heavy atom. The van der Waals surface area contributed by atoms with Crippen molar-refractivity contribution in [3.05, 3.63) is 29.3 Å². The fourth-order valence-electron chi connectivity index (χ4n) is 2.12. The molecular formula is C15H19N3OS. The number of thioether (sulfide) groups is 1. The molecule has 4 nitrogen and oxygen atoms in total. The Morgan fingerprint density at radius 2 is 2.15 bits per heavy atom. The van der Waals surface area contributed by atoms with Gasteiger partial charge in [-0.2, -0.15) is 5.10 Å². The van der Waals surface area contributed by atoms with Gasteiger partial charge in [0.05, 0.1) is 11.4 Å². The SMILES string of the molecule is C/C=N/N=C1\SCC(=O)N1c1cc(C)ccc1C(C)C. The lowest BCUT2D eigenvalue weighted by Crippen LogP contribution is -2.30. The van der Waals surface area contributed by atoms with Crippen molar-refractivity contribution in [2.24, 2.45) is 10.2 Å². The average Bonchev–Trinajstić information content (AvgIpc) is 2.76. The first-order valence-electron chi connectivity index (χ1n) is 6.66. The number of nitrogens with zero attached hydrogens (tertiary/aromatic N) is 3. The van der Waals surface area contributed by atoms with Crippen LogP contribution in [0, 0.1) is 6.92 Å². The van der Waals surface area contributed by atoms with Crippen molar-refractivity contribution in [3.8, 4) is 0 Å². The van der Waals surface area contributed by atoms with Crippen molar-refractivity contribution < 1.29 is 4.79 Å². The molecule has 0 saturated carbocycles. The fraction of sp³-hybridized carbons (Fsp3) is 0.400. The first-order valence-corrected chi connectivity index (χ1v) is 7.65. The second kappa shape index (κ2) is 6.22. The van der Waals surface area contributed by atoms with Gasteiger partial charge in [-0.15, -0.1) is 5.10 Å². The van der Waals surface area contributed by atoms with Crippen molar-refractivity contribution in [1.82, 2.24) is 0 Å². The van der Waals surface area contributed by atoms with Crippen LogP contribution in [0.15, 0.2) is 28.4 Å². The molecular weight excluding hydrogens is 270 g/mol. The van der Waals surface area contributed by atoms with Crippen LogP contribution in [-0.4, -0.2) is 23.0 Å². The number of anilines is 1. The highest BCUT2D eigenvalue weighted by Crippen LogP contribution is 2.34. The number of benzene rings is 1. The standard InChI is InChI=1S/C15H19N3OS/c1-5-16-17-15-18(14(19)9-20-15)13-8-11(4)6-7-12(13)10(2)3/h5-8,10H,9H2,1-4H3/b16-5+,17-15-. The maximum absolute atomic E-state index is 12.2. The summed E-state index contributed by atoms with van der Waals surface area (Å²) in [5, 5.41) is 8.70. The van der Waals surface area contributed by atoms with Gasteiger partial charge in [-0.1, -0.05) is 37.7 Å². The molecule has 1 aromatic rings. The molecule has 0 unspecified atom stereocenters. The van der Waals surface area contributed by atoms with Crippen molar-refractivity contribution in [2.75, 3.05) is 10.7 Å². The predicted molar refractivity (Wildman–Crippen MR) is 86.8 cm³/mol. The fourth-order valence-corrected chi connectivity index (χ4v) is 2.93. The summed E-state index contributed by atoms with van der Waals surface area (Å²) < 4.78 is 0. The molecule has 0 aliphatic carbocycles. The number of hydrogen-bond acceptors (Lipinski definition) is 4. The second-order valence-corrected chi connectivity index (χ2v) is 5.93. The summed E-state index contributed by atoms with van der Waals surface area (Å²) in [5.74, 6) is 0.830. The Labute approximate surface area is 124 Å². The third kappa shape index (κ3) is 2.93. The molecule has 0 radical (unpaired) electrons. The van der Waals surface area contributed by atoms with Gasteiger partial charge in [0.15, 0.2) is 5.17 Å². The van der Waals surface area contributed by atoms with E-state index in [0.29, 0.717) is 16.8 Å². The largest absolute Gasteiger partial charge is 0.273 e. The summed E-state index contributed by atoms with van der Waals surface area (Å²) in [6, 6.07) is 6.21. The molecule has 1 fully saturated rings. The van der Waals surface area contributed by atoms with Gasteiger partial charge in [-0.3, -0.25) is 9.69 Å². The summed E-state index contributed by atoms with van der Waals surface area (Å²) in [7, 11) is 0. The number of amidine groups is 1. The van der Waals surface area contributed by atoms with Gasteiger partial charge in [-0.25, -0.2) is 0 Å². The minimum absolute atomic E-state index is 0.0625. The van der Waals surface area contributed by atoms with Crippen LogP contribution in [0.3, 0.4) is 0 Å². The topological polar surface area (TPSA) is 45.0 Å². The second-order valence-electron chi connectivity index (χ2n) is 4.99. The molecule has 1 amide bonds. The number of aryl methyl sites for hydroxylation is 1. The number of rotatable bonds is 3. The highest BCUT2D eigenvalue weighted by molar-refractivity contribution is 8.15. The van der Waals surface area contributed by atoms with Crippen molar-refractivity contribution in [2.45, 2.75) is 33.6 Å². The van der Waals surface area contributed by atoms with E-state index in [0.717, 1.165) is 16.8 Å². The summed E-state index contributed by atoms with van der Waals surface area (Å²) in [5.41, 5.74) is 3.21. The van der Waals surface area contributed by atoms with Gasteiger partial charge in [-0.05, 0) is 37.0 Å². The molecule has 0 spiro atoms. The van der Waals surface area contributed by atoms with Crippen molar-refractivity contribution in [1.29, 1.82) is 0 Å². The monoisotopic (exact) mass is 289 g/mol. The molecule has 2 rings (SSSR count). The van der Waals surface area contributed by atoms with E-state index in [1.807, 2.05) is 19.9 Å². The number of amides is 1. The van der Waals surface area contributed by atoms with Crippen LogP contribution >= 0.6 is 11.8 Å². The lowest BCUT2D eigenvalue weighted by atomic mass is 9.99. The number of carbonyl (C=O) groups is 1. The Morgan fingerprint density at radius 1 is 1.40 bits per heavy atom. The van der Waals surface area contributed by atoms with Crippen molar-refractivity contribution >= 4 is 34.7 Å². The van der Waals surface area contributed by atoms with Gasteiger partial charge >= 0.3 is 0 Å². The summed E-state index contributed by atoms with van der Waals surface area (Å²) in [4.78, 5) is 13.9. The van der Waals surface area contributed by atoms with Crippen LogP contribution in [0.25, 0.3) is 0 Å². The molecule has 1 heterocycles. The van der Waals surface area contributed by atoms with Crippen molar-refractivity contribution in [3.63, 3.8) is 0 Å². The third-order valence-electron chi connectivity index (χ3n) is 3.07. The van der Waals surface area contributed by atoms with Crippen LogP contribution in [0.5, 0.6) is 0 Å². The molecule has 1 saturated heterocycles. The quantitative estimate of drug-likeness (QED) is 0.631. The molecule has 1 aromatic carbocycles. The normalized spacial score (nSPS) is 17.9. The molecule has 0 atom stereocenters. The van der Waals surface area contributed by atoms with E-state index in [2.05, 4.69) is 36.2 Å². The van der Waals surface area contributed by atoms with Gasteiger partial charge in [0.1, 0.15) is 0 Å². The number of carbonyl (C=O) groups excluding carboxylic acids is 1. The van der Waals surface area contributed by atoms with E-state index in [4.69, 9.17) is 0 Å². The van der Waals surface area contributed by atoms with Gasteiger partial charge in [0.25, 0.3) is 0 Å². The van der Waals surface area contributed by atoms with Crippen LogP contribution in [-0.2, 0) is 4.79 Å². The zero-order valence-corrected chi connectivity index (χ0v) is 13.1. The van der Waals surface area contributed by atoms with Crippen LogP contribution < -0.4 is 4.90 Å².